The van der Waals surface area contributed by atoms with Gasteiger partial charge in [0.15, 0.2) is 0 Å². The molecule has 4 N–H and O–H groups in total. The molecule has 0 aliphatic carbocycles. The molecule has 5 rings (SSSR count). The fourth-order valence-electron chi connectivity index (χ4n) is 4.34. The second-order valence-electron chi connectivity index (χ2n) is 8.51. The SMILES string of the molecule is NC(=O)c1cccc(-c2n[nH]c3ccc(S(=O)(=O)c4cc(F)cc(F)c4)cc23)c1NC1CCOCC1. The number of nitrogens with zero attached hydrogens (tertiary/aromatic N) is 1. The van der Waals surface area contributed by atoms with E-state index in [0.717, 1.165) is 25.0 Å². The molecule has 36 heavy (non-hydrogen) atoms. The molecule has 1 fully saturated rings. The summed E-state index contributed by atoms with van der Waals surface area (Å²) in [5, 5.41) is 11.1. The summed E-state index contributed by atoms with van der Waals surface area (Å²) < 4.78 is 59.2. The maximum Gasteiger partial charge on any atom is 0.250 e. The number of H-pyrrole nitrogens is 1. The molecule has 0 bridgehead atoms. The fraction of sp³-hybridized carbons (Fsp3) is 0.200. The zero-order valence-corrected chi connectivity index (χ0v) is 19.7. The van der Waals surface area contributed by atoms with Crippen molar-refractivity contribution in [2.24, 2.45) is 5.73 Å². The number of rotatable bonds is 6. The third kappa shape index (κ3) is 4.42. The van der Waals surface area contributed by atoms with Gasteiger partial charge in [0.25, 0.3) is 5.91 Å². The van der Waals surface area contributed by atoms with Gasteiger partial charge in [-0.1, -0.05) is 12.1 Å². The lowest BCUT2D eigenvalue weighted by Crippen LogP contribution is -2.29. The van der Waals surface area contributed by atoms with Gasteiger partial charge in [-0.25, -0.2) is 17.2 Å². The van der Waals surface area contributed by atoms with Gasteiger partial charge in [0, 0.05) is 36.3 Å². The number of anilines is 1. The Morgan fingerprint density at radius 1 is 1.03 bits per heavy atom. The Morgan fingerprint density at radius 2 is 1.75 bits per heavy atom. The summed E-state index contributed by atoms with van der Waals surface area (Å²) >= 11 is 0. The number of benzene rings is 3. The summed E-state index contributed by atoms with van der Waals surface area (Å²) in [4.78, 5) is 11.6. The average molecular weight is 513 g/mol. The van der Waals surface area contributed by atoms with E-state index in [4.69, 9.17) is 10.5 Å². The van der Waals surface area contributed by atoms with Gasteiger partial charge >= 0.3 is 0 Å². The van der Waals surface area contributed by atoms with Gasteiger partial charge in [-0.2, -0.15) is 5.10 Å². The quantitative estimate of drug-likeness (QED) is 0.358. The van der Waals surface area contributed by atoms with Crippen LogP contribution >= 0.6 is 0 Å². The van der Waals surface area contributed by atoms with Crippen molar-refractivity contribution in [3.63, 3.8) is 0 Å². The van der Waals surface area contributed by atoms with E-state index in [1.54, 1.807) is 18.2 Å². The lowest BCUT2D eigenvalue weighted by Gasteiger charge is -2.26. The molecule has 0 spiro atoms. The second kappa shape index (κ2) is 9.32. The van der Waals surface area contributed by atoms with Crippen LogP contribution in [0.1, 0.15) is 23.2 Å². The Balaban J connectivity index is 1.64. The van der Waals surface area contributed by atoms with Crippen molar-refractivity contribution in [3.05, 3.63) is 71.8 Å². The Kier molecular flexibility index (Phi) is 6.19. The average Bonchev–Trinajstić information content (AvgIpc) is 3.27. The highest BCUT2D eigenvalue weighted by atomic mass is 32.2. The van der Waals surface area contributed by atoms with Gasteiger partial charge in [0.05, 0.1) is 26.6 Å². The molecule has 1 saturated heterocycles. The molecule has 186 valence electrons. The Labute approximate surface area is 205 Å². The number of halogens is 2. The minimum absolute atomic E-state index is 0.0435. The van der Waals surface area contributed by atoms with Crippen molar-refractivity contribution < 1.29 is 26.7 Å². The number of nitrogens with one attached hydrogen (secondary N) is 2. The van der Waals surface area contributed by atoms with Gasteiger partial charge in [0.1, 0.15) is 17.3 Å². The molecule has 3 aromatic carbocycles. The number of para-hydroxylation sites is 1. The number of aromatic amines is 1. The molecule has 1 amide bonds. The third-order valence-corrected chi connectivity index (χ3v) is 7.88. The molecule has 4 aromatic rings. The molecule has 11 heteroatoms. The normalized spacial score (nSPS) is 14.7. The van der Waals surface area contributed by atoms with Crippen LogP contribution in [0.25, 0.3) is 22.2 Å². The molecule has 0 atom stereocenters. The topological polar surface area (TPSA) is 127 Å². The first kappa shape index (κ1) is 23.9. The van der Waals surface area contributed by atoms with E-state index in [1.165, 1.54) is 18.2 Å². The summed E-state index contributed by atoms with van der Waals surface area (Å²) in [6.45, 7) is 1.16. The van der Waals surface area contributed by atoms with Gasteiger partial charge in [-0.05, 0) is 49.2 Å². The molecular weight excluding hydrogens is 490 g/mol. The third-order valence-electron chi connectivity index (χ3n) is 6.15. The minimum atomic E-state index is -4.23. The number of carbonyl (C=O) groups excluding carboxylic acids is 1. The van der Waals surface area contributed by atoms with Gasteiger partial charge in [-0.3, -0.25) is 9.89 Å². The molecule has 2 heterocycles. The predicted molar refractivity (Wildman–Crippen MR) is 129 cm³/mol. The van der Waals surface area contributed by atoms with Gasteiger partial charge in [0.2, 0.25) is 9.84 Å². The van der Waals surface area contributed by atoms with Gasteiger partial charge in [-0.15, -0.1) is 0 Å². The Morgan fingerprint density at radius 3 is 2.44 bits per heavy atom. The lowest BCUT2D eigenvalue weighted by atomic mass is 9.99. The maximum absolute atomic E-state index is 13.7. The van der Waals surface area contributed by atoms with E-state index >= 15 is 0 Å². The molecule has 1 aliphatic heterocycles. The van der Waals surface area contributed by atoms with Crippen LogP contribution in [0, 0.1) is 11.6 Å². The molecule has 1 aromatic heterocycles. The number of aromatic nitrogens is 2. The smallest absolute Gasteiger partial charge is 0.250 e. The van der Waals surface area contributed by atoms with Crippen molar-refractivity contribution in [3.8, 4) is 11.3 Å². The number of hydrogen-bond acceptors (Lipinski definition) is 6. The van der Waals surface area contributed by atoms with Gasteiger partial charge < -0.3 is 15.8 Å². The van der Waals surface area contributed by atoms with E-state index < -0.39 is 32.3 Å². The first-order valence-electron chi connectivity index (χ1n) is 11.2. The minimum Gasteiger partial charge on any atom is -0.381 e. The first-order chi connectivity index (χ1) is 17.2. The summed E-state index contributed by atoms with van der Waals surface area (Å²) in [6.07, 6.45) is 1.47. The molecule has 8 nitrogen and oxygen atoms in total. The zero-order chi connectivity index (χ0) is 25.4. The van der Waals surface area contributed by atoms with Crippen LogP contribution in [0.4, 0.5) is 14.5 Å². The highest BCUT2D eigenvalue weighted by Crippen LogP contribution is 2.37. The van der Waals surface area contributed by atoms with Crippen molar-refractivity contribution in [1.29, 1.82) is 0 Å². The predicted octanol–water partition coefficient (Wildman–Crippen LogP) is 4.03. The molecule has 0 unspecified atom stereocenters. The van der Waals surface area contributed by atoms with Crippen LogP contribution in [0.2, 0.25) is 0 Å². The van der Waals surface area contributed by atoms with E-state index in [2.05, 4.69) is 15.5 Å². The van der Waals surface area contributed by atoms with E-state index in [0.29, 0.717) is 47.1 Å². The zero-order valence-electron chi connectivity index (χ0n) is 18.9. The fourth-order valence-corrected chi connectivity index (χ4v) is 5.67. The number of hydrogen-bond donors (Lipinski definition) is 3. The highest BCUT2D eigenvalue weighted by molar-refractivity contribution is 7.91. The highest BCUT2D eigenvalue weighted by Gasteiger charge is 2.24. The van der Waals surface area contributed by atoms with E-state index in [1.807, 2.05) is 0 Å². The Bertz CT molecular complexity index is 1560. The number of nitrogens with two attached hydrogens (primary N) is 1. The molecule has 0 saturated carbocycles. The summed E-state index contributed by atoms with van der Waals surface area (Å²) in [5.74, 6) is -2.61. The van der Waals surface area contributed by atoms with Crippen LogP contribution in [0.15, 0.2) is 64.4 Å². The molecule has 1 aliphatic rings. The largest absolute Gasteiger partial charge is 0.381 e. The van der Waals surface area contributed by atoms with Crippen molar-refractivity contribution >= 4 is 32.3 Å². The van der Waals surface area contributed by atoms with E-state index in [-0.39, 0.29) is 16.5 Å². The summed E-state index contributed by atoms with van der Waals surface area (Å²) in [7, 11) is -4.23. The first-order valence-corrected chi connectivity index (χ1v) is 12.7. The number of fused-ring (bicyclic) bond motifs is 1. The monoisotopic (exact) mass is 512 g/mol. The summed E-state index contributed by atoms with van der Waals surface area (Å²) in [5.41, 5.74) is 7.90. The van der Waals surface area contributed by atoms with Crippen LogP contribution in [0.5, 0.6) is 0 Å². The maximum atomic E-state index is 13.7. The van der Waals surface area contributed by atoms with Crippen LogP contribution in [-0.2, 0) is 14.6 Å². The number of amides is 1. The summed E-state index contributed by atoms with van der Waals surface area (Å²) in [6, 6.07) is 11.5. The van der Waals surface area contributed by atoms with E-state index in [9.17, 15) is 22.0 Å². The Hall–Kier alpha value is -3.83. The van der Waals surface area contributed by atoms with Crippen LogP contribution < -0.4 is 11.1 Å². The van der Waals surface area contributed by atoms with Crippen molar-refractivity contribution in [2.75, 3.05) is 18.5 Å². The van der Waals surface area contributed by atoms with Crippen LogP contribution in [-0.4, -0.2) is 43.8 Å². The van der Waals surface area contributed by atoms with Crippen molar-refractivity contribution in [2.45, 2.75) is 28.7 Å². The van der Waals surface area contributed by atoms with Crippen molar-refractivity contribution in [1.82, 2.24) is 10.2 Å². The lowest BCUT2D eigenvalue weighted by molar-refractivity contribution is 0.0904. The molecular formula is C25H22F2N4O4S. The standard InChI is InChI=1S/C25H22F2N4O4S/c26-14-10-15(27)12-18(11-14)36(33,34)17-4-5-22-21(13-17)24(31-30-22)19-2-1-3-20(25(28)32)23(19)29-16-6-8-35-9-7-16/h1-5,10-13,16,29H,6-9H2,(H2,28,32)(H,30,31). The van der Waals surface area contributed by atoms with Crippen LogP contribution in [0.3, 0.4) is 0 Å². The number of ether oxygens (including phenoxy) is 1. The second-order valence-corrected chi connectivity index (χ2v) is 10.5. The number of carbonyl (C=O) groups is 1. The molecule has 0 radical (unpaired) electrons. The number of primary amides is 1. The number of sulfone groups is 1.